The average molecular weight is 416 g/mol. The summed E-state index contributed by atoms with van der Waals surface area (Å²) in [6.45, 7) is 10.8. The highest BCUT2D eigenvalue weighted by Crippen LogP contribution is 2.33. The molecule has 0 radical (unpaired) electrons. The lowest BCUT2D eigenvalue weighted by atomic mass is 10.00. The summed E-state index contributed by atoms with van der Waals surface area (Å²) in [5.41, 5.74) is 8.89. The molecule has 0 atom stereocenters. The van der Waals surface area contributed by atoms with Gasteiger partial charge in [-0.2, -0.15) is 0 Å². The summed E-state index contributed by atoms with van der Waals surface area (Å²) in [5, 5.41) is 10.1. The van der Waals surface area contributed by atoms with Gasteiger partial charge in [-0.3, -0.25) is 0 Å². The summed E-state index contributed by atoms with van der Waals surface area (Å²) < 4.78 is 2.10. The van der Waals surface area contributed by atoms with Crippen molar-refractivity contribution in [2.24, 2.45) is 7.05 Å². The van der Waals surface area contributed by atoms with Crippen LogP contribution in [0.2, 0.25) is 0 Å². The van der Waals surface area contributed by atoms with E-state index in [0.29, 0.717) is 0 Å². The molecule has 0 spiro atoms. The van der Waals surface area contributed by atoms with E-state index >= 15 is 0 Å². The normalized spacial score (nSPS) is 15.2. The van der Waals surface area contributed by atoms with Crippen molar-refractivity contribution in [3.05, 3.63) is 47.5 Å². The van der Waals surface area contributed by atoms with Crippen LogP contribution in [0.4, 0.5) is 5.69 Å². The number of anilines is 1. The summed E-state index contributed by atoms with van der Waals surface area (Å²) in [6.07, 6.45) is 3.91. The molecule has 0 bridgehead atoms. The molecule has 0 amide bonds. The SMILES string of the molecule is Cc1cc(-c2cc3c(-c4cnc(C)n4C)c[nH]c3nn2)cc(C)c1N1CCN(C)CC1. The van der Waals surface area contributed by atoms with Crippen LogP contribution in [0.1, 0.15) is 17.0 Å². The Morgan fingerprint density at radius 3 is 2.26 bits per heavy atom. The highest BCUT2D eigenvalue weighted by Gasteiger charge is 2.19. The van der Waals surface area contributed by atoms with Crippen LogP contribution in [0, 0.1) is 20.8 Å². The Labute approximate surface area is 182 Å². The molecular weight excluding hydrogens is 386 g/mol. The highest BCUT2D eigenvalue weighted by molar-refractivity contribution is 5.94. The van der Waals surface area contributed by atoms with Gasteiger partial charge >= 0.3 is 0 Å². The number of hydrogen-bond acceptors (Lipinski definition) is 5. The number of aromatic amines is 1. The van der Waals surface area contributed by atoms with E-state index in [-0.39, 0.29) is 0 Å². The van der Waals surface area contributed by atoms with Gasteiger partial charge in [-0.15, -0.1) is 10.2 Å². The van der Waals surface area contributed by atoms with Crippen molar-refractivity contribution < 1.29 is 0 Å². The molecule has 31 heavy (non-hydrogen) atoms. The maximum atomic E-state index is 4.52. The molecule has 1 aliphatic heterocycles. The van der Waals surface area contributed by atoms with Crippen molar-refractivity contribution >= 4 is 16.7 Å². The first-order valence-corrected chi connectivity index (χ1v) is 10.8. The summed E-state index contributed by atoms with van der Waals surface area (Å²) in [7, 11) is 4.23. The smallest absolute Gasteiger partial charge is 0.160 e. The number of nitrogens with zero attached hydrogens (tertiary/aromatic N) is 6. The van der Waals surface area contributed by atoms with Gasteiger partial charge in [-0.25, -0.2) is 4.98 Å². The van der Waals surface area contributed by atoms with Gasteiger partial charge in [-0.1, -0.05) is 0 Å². The van der Waals surface area contributed by atoms with Crippen LogP contribution in [0.3, 0.4) is 0 Å². The third kappa shape index (κ3) is 3.39. The third-order valence-electron chi connectivity index (χ3n) is 6.54. The molecule has 7 heteroatoms. The van der Waals surface area contributed by atoms with E-state index in [1.54, 1.807) is 0 Å². The van der Waals surface area contributed by atoms with Gasteiger partial charge in [0.15, 0.2) is 5.65 Å². The second-order valence-corrected chi connectivity index (χ2v) is 8.69. The molecule has 1 aromatic carbocycles. The molecule has 3 aromatic heterocycles. The topological polar surface area (TPSA) is 65.9 Å². The van der Waals surface area contributed by atoms with Crippen molar-refractivity contribution in [2.75, 3.05) is 38.1 Å². The first-order chi connectivity index (χ1) is 14.9. The number of hydrogen-bond donors (Lipinski definition) is 1. The van der Waals surface area contributed by atoms with Crippen LogP contribution in [0.15, 0.2) is 30.6 Å². The molecule has 7 nitrogen and oxygen atoms in total. The van der Waals surface area contributed by atoms with Crippen molar-refractivity contribution in [1.82, 2.24) is 29.6 Å². The molecule has 1 aliphatic rings. The third-order valence-corrected chi connectivity index (χ3v) is 6.54. The zero-order chi connectivity index (χ0) is 21.7. The Morgan fingerprint density at radius 1 is 0.903 bits per heavy atom. The van der Waals surface area contributed by atoms with Crippen molar-refractivity contribution in [2.45, 2.75) is 20.8 Å². The number of imidazole rings is 1. The molecule has 5 rings (SSSR count). The number of fused-ring (bicyclic) bond motifs is 1. The number of piperazine rings is 1. The minimum absolute atomic E-state index is 0.792. The van der Waals surface area contributed by atoms with Crippen molar-refractivity contribution in [3.8, 4) is 22.5 Å². The van der Waals surface area contributed by atoms with E-state index in [1.807, 2.05) is 26.4 Å². The van der Waals surface area contributed by atoms with Gasteiger partial charge in [-0.05, 0) is 57.1 Å². The molecule has 4 aromatic rings. The summed E-state index contributed by atoms with van der Waals surface area (Å²) >= 11 is 0. The van der Waals surface area contributed by atoms with E-state index in [1.165, 1.54) is 16.8 Å². The first-order valence-electron chi connectivity index (χ1n) is 10.8. The van der Waals surface area contributed by atoms with Gasteiger partial charge in [0, 0.05) is 61.6 Å². The monoisotopic (exact) mass is 415 g/mol. The predicted molar refractivity (Wildman–Crippen MR) is 125 cm³/mol. The molecule has 1 N–H and O–H groups in total. The minimum Gasteiger partial charge on any atom is -0.369 e. The number of H-pyrrole nitrogens is 1. The zero-order valence-electron chi connectivity index (χ0n) is 18.9. The Bertz CT molecular complexity index is 1240. The van der Waals surface area contributed by atoms with Crippen LogP contribution < -0.4 is 4.90 Å². The van der Waals surface area contributed by atoms with E-state index < -0.39 is 0 Å². The zero-order valence-corrected chi connectivity index (χ0v) is 18.9. The van der Waals surface area contributed by atoms with Gasteiger partial charge in [0.1, 0.15) is 5.82 Å². The maximum Gasteiger partial charge on any atom is 0.160 e. The largest absolute Gasteiger partial charge is 0.369 e. The van der Waals surface area contributed by atoms with Crippen LogP contribution in [-0.4, -0.2) is 62.9 Å². The second kappa shape index (κ2) is 7.50. The van der Waals surface area contributed by atoms with Gasteiger partial charge in [0.25, 0.3) is 0 Å². The van der Waals surface area contributed by atoms with Crippen LogP contribution in [0.5, 0.6) is 0 Å². The molecule has 0 aliphatic carbocycles. The first kappa shape index (κ1) is 19.8. The molecule has 1 saturated heterocycles. The van der Waals surface area contributed by atoms with Crippen LogP contribution >= 0.6 is 0 Å². The second-order valence-electron chi connectivity index (χ2n) is 8.69. The number of aryl methyl sites for hydroxylation is 3. The Kier molecular flexibility index (Phi) is 4.78. The molecule has 160 valence electrons. The Balaban J connectivity index is 1.55. The summed E-state index contributed by atoms with van der Waals surface area (Å²) in [5.74, 6) is 0.984. The highest BCUT2D eigenvalue weighted by atomic mass is 15.2. The molecule has 1 fully saturated rings. The molecule has 4 heterocycles. The number of aromatic nitrogens is 5. The lowest BCUT2D eigenvalue weighted by molar-refractivity contribution is 0.312. The van der Waals surface area contributed by atoms with Crippen molar-refractivity contribution in [3.63, 3.8) is 0 Å². The average Bonchev–Trinajstić information content (AvgIpc) is 3.31. The molecular formula is C24H29N7. The van der Waals surface area contributed by atoms with Gasteiger partial charge < -0.3 is 19.4 Å². The van der Waals surface area contributed by atoms with Gasteiger partial charge in [0.05, 0.1) is 17.6 Å². The van der Waals surface area contributed by atoms with Gasteiger partial charge in [0.2, 0.25) is 0 Å². The van der Waals surface area contributed by atoms with E-state index in [9.17, 15) is 0 Å². The molecule has 0 saturated carbocycles. The fourth-order valence-corrected chi connectivity index (χ4v) is 4.66. The molecule has 0 unspecified atom stereocenters. The van der Waals surface area contributed by atoms with Crippen molar-refractivity contribution in [1.29, 1.82) is 0 Å². The number of benzene rings is 1. The minimum atomic E-state index is 0.792. The Morgan fingerprint density at radius 2 is 1.61 bits per heavy atom. The summed E-state index contributed by atoms with van der Waals surface area (Å²) in [6, 6.07) is 6.63. The number of likely N-dealkylation sites (N-methyl/N-ethyl adjacent to an activating group) is 1. The van der Waals surface area contributed by atoms with E-state index in [2.05, 4.69) is 73.6 Å². The number of rotatable bonds is 3. The Hall–Kier alpha value is -3.19. The predicted octanol–water partition coefficient (Wildman–Crippen LogP) is 3.70. The van der Waals surface area contributed by atoms with Crippen LogP contribution in [0.25, 0.3) is 33.5 Å². The van der Waals surface area contributed by atoms with E-state index in [0.717, 1.165) is 65.6 Å². The van der Waals surface area contributed by atoms with E-state index in [4.69, 9.17) is 0 Å². The maximum absolute atomic E-state index is 4.52. The fraction of sp³-hybridized carbons (Fsp3) is 0.375. The lowest BCUT2D eigenvalue weighted by Gasteiger charge is -2.36. The fourth-order valence-electron chi connectivity index (χ4n) is 4.66. The lowest BCUT2D eigenvalue weighted by Crippen LogP contribution is -2.45. The quantitative estimate of drug-likeness (QED) is 0.553. The standard InChI is InChI=1S/C24H29N7/c1-15-10-18(11-16(2)23(15)31-8-6-29(4)7-9-31)21-12-19-20(13-26-24(19)28-27-21)22-14-25-17(3)30(22)5/h10-14H,6-9H2,1-5H3,(H,26,28). The number of nitrogens with one attached hydrogen (secondary N) is 1. The van der Waals surface area contributed by atoms with Crippen LogP contribution in [-0.2, 0) is 7.05 Å². The summed E-state index contributed by atoms with van der Waals surface area (Å²) in [4.78, 5) is 12.6.